The molecule has 2 atom stereocenters. The maximum absolute atomic E-state index is 11.8. The first-order valence-corrected chi connectivity index (χ1v) is 7.60. The van der Waals surface area contributed by atoms with Crippen LogP contribution in [0.15, 0.2) is 12.4 Å². The molecule has 0 saturated carbocycles. The highest BCUT2D eigenvalue weighted by Crippen LogP contribution is 2.14. The fourth-order valence-electron chi connectivity index (χ4n) is 2.67. The van der Waals surface area contributed by atoms with Crippen molar-refractivity contribution < 1.29 is 4.79 Å². The SMILES string of the molecule is Cc1nccn1CC(C)CNC(=O)CCC1CCNC1.Cl.Cl. The van der Waals surface area contributed by atoms with E-state index in [1.165, 1.54) is 6.42 Å². The average molecular weight is 351 g/mol. The van der Waals surface area contributed by atoms with E-state index in [0.29, 0.717) is 18.3 Å². The molecule has 2 N–H and O–H groups in total. The van der Waals surface area contributed by atoms with Crippen LogP contribution < -0.4 is 10.6 Å². The molecule has 0 aromatic carbocycles. The zero-order valence-electron chi connectivity index (χ0n) is 13.4. The topological polar surface area (TPSA) is 59.0 Å². The Labute approximate surface area is 145 Å². The minimum atomic E-state index is 0. The minimum Gasteiger partial charge on any atom is -0.356 e. The molecule has 2 unspecified atom stereocenters. The highest BCUT2D eigenvalue weighted by molar-refractivity contribution is 5.85. The maximum atomic E-state index is 11.8. The summed E-state index contributed by atoms with van der Waals surface area (Å²) in [6, 6.07) is 0. The lowest BCUT2D eigenvalue weighted by Crippen LogP contribution is -2.30. The van der Waals surface area contributed by atoms with Gasteiger partial charge >= 0.3 is 0 Å². The van der Waals surface area contributed by atoms with Gasteiger partial charge in [-0.3, -0.25) is 4.79 Å². The molecule has 22 heavy (non-hydrogen) atoms. The molecule has 5 nitrogen and oxygen atoms in total. The summed E-state index contributed by atoms with van der Waals surface area (Å²) in [5.41, 5.74) is 0. The highest BCUT2D eigenvalue weighted by Gasteiger charge is 2.15. The minimum absolute atomic E-state index is 0. The third kappa shape index (κ3) is 6.99. The molecule has 1 aliphatic rings. The third-order valence-electron chi connectivity index (χ3n) is 4.02. The Kier molecular flexibility index (Phi) is 10.5. The van der Waals surface area contributed by atoms with Crippen molar-refractivity contribution >= 4 is 30.7 Å². The van der Waals surface area contributed by atoms with E-state index in [0.717, 1.165) is 38.4 Å². The second-order valence-electron chi connectivity index (χ2n) is 5.93. The number of carbonyl (C=O) groups is 1. The van der Waals surface area contributed by atoms with Crippen LogP contribution in [0.4, 0.5) is 0 Å². The molecular weight excluding hydrogens is 323 g/mol. The molecule has 1 saturated heterocycles. The molecule has 128 valence electrons. The van der Waals surface area contributed by atoms with Crippen molar-refractivity contribution in [1.82, 2.24) is 20.2 Å². The lowest BCUT2D eigenvalue weighted by atomic mass is 10.0. The number of hydrogen-bond acceptors (Lipinski definition) is 3. The summed E-state index contributed by atoms with van der Waals surface area (Å²) in [7, 11) is 0. The summed E-state index contributed by atoms with van der Waals surface area (Å²) in [5, 5.41) is 6.38. The molecule has 7 heteroatoms. The van der Waals surface area contributed by atoms with Crippen molar-refractivity contribution in [3.05, 3.63) is 18.2 Å². The Balaban J connectivity index is 0.00000220. The van der Waals surface area contributed by atoms with Gasteiger partial charge in [-0.05, 0) is 44.7 Å². The van der Waals surface area contributed by atoms with E-state index in [-0.39, 0.29) is 30.7 Å². The maximum Gasteiger partial charge on any atom is 0.220 e. The zero-order chi connectivity index (χ0) is 14.4. The van der Waals surface area contributed by atoms with Crippen molar-refractivity contribution in [1.29, 1.82) is 0 Å². The number of amides is 1. The van der Waals surface area contributed by atoms with Crippen molar-refractivity contribution in [2.75, 3.05) is 19.6 Å². The Morgan fingerprint density at radius 3 is 2.91 bits per heavy atom. The number of nitrogens with one attached hydrogen (secondary N) is 2. The van der Waals surface area contributed by atoms with Gasteiger partial charge in [-0.2, -0.15) is 0 Å². The van der Waals surface area contributed by atoms with Gasteiger partial charge in [-0.1, -0.05) is 6.92 Å². The van der Waals surface area contributed by atoms with E-state index in [2.05, 4.69) is 27.1 Å². The lowest BCUT2D eigenvalue weighted by Gasteiger charge is -2.15. The molecule has 1 amide bonds. The summed E-state index contributed by atoms with van der Waals surface area (Å²) >= 11 is 0. The second-order valence-corrected chi connectivity index (χ2v) is 5.93. The fourth-order valence-corrected chi connectivity index (χ4v) is 2.67. The Bertz CT molecular complexity index is 433. The van der Waals surface area contributed by atoms with Gasteiger partial charge < -0.3 is 15.2 Å². The number of hydrogen-bond donors (Lipinski definition) is 2. The van der Waals surface area contributed by atoms with Crippen LogP contribution in [-0.4, -0.2) is 35.1 Å². The van der Waals surface area contributed by atoms with Gasteiger partial charge in [-0.15, -0.1) is 24.8 Å². The monoisotopic (exact) mass is 350 g/mol. The lowest BCUT2D eigenvalue weighted by molar-refractivity contribution is -0.121. The van der Waals surface area contributed by atoms with E-state index in [1.807, 2.05) is 19.3 Å². The van der Waals surface area contributed by atoms with E-state index in [9.17, 15) is 4.79 Å². The molecule has 0 spiro atoms. The normalized spacial score (nSPS) is 18.2. The second kappa shape index (κ2) is 10.9. The van der Waals surface area contributed by atoms with Gasteiger partial charge in [0.05, 0.1) is 0 Å². The largest absolute Gasteiger partial charge is 0.356 e. The van der Waals surface area contributed by atoms with Crippen LogP contribution in [0.3, 0.4) is 0 Å². The Hall–Kier alpha value is -0.780. The van der Waals surface area contributed by atoms with Crippen molar-refractivity contribution in [2.24, 2.45) is 11.8 Å². The molecule has 0 radical (unpaired) electrons. The smallest absolute Gasteiger partial charge is 0.220 e. The Morgan fingerprint density at radius 2 is 2.32 bits per heavy atom. The number of aromatic nitrogens is 2. The summed E-state index contributed by atoms with van der Waals surface area (Å²) < 4.78 is 2.13. The first kappa shape index (κ1) is 21.2. The summed E-state index contributed by atoms with van der Waals surface area (Å²) in [6.07, 6.45) is 6.68. The van der Waals surface area contributed by atoms with Crippen LogP contribution in [-0.2, 0) is 11.3 Å². The summed E-state index contributed by atoms with van der Waals surface area (Å²) in [4.78, 5) is 16.0. The van der Waals surface area contributed by atoms with Gasteiger partial charge in [0.25, 0.3) is 0 Å². The van der Waals surface area contributed by atoms with E-state index in [1.54, 1.807) is 0 Å². The van der Waals surface area contributed by atoms with E-state index >= 15 is 0 Å². The zero-order valence-corrected chi connectivity index (χ0v) is 15.0. The van der Waals surface area contributed by atoms with Gasteiger partial charge in [0, 0.05) is 31.9 Å². The molecule has 0 bridgehead atoms. The molecule has 1 aliphatic heterocycles. The van der Waals surface area contributed by atoms with Gasteiger partial charge in [0.15, 0.2) is 0 Å². The molecule has 2 heterocycles. The number of aryl methyl sites for hydroxylation is 1. The molecule has 2 rings (SSSR count). The Morgan fingerprint density at radius 1 is 1.55 bits per heavy atom. The number of nitrogens with zero attached hydrogens (tertiary/aromatic N) is 2. The van der Waals surface area contributed by atoms with Gasteiger partial charge in [0.2, 0.25) is 5.91 Å². The molecule has 0 aliphatic carbocycles. The number of carbonyl (C=O) groups excluding carboxylic acids is 1. The molecule has 1 fully saturated rings. The van der Waals surface area contributed by atoms with Crippen molar-refractivity contribution in [2.45, 2.75) is 39.7 Å². The standard InChI is InChI=1S/C15H26N4O.2ClH/c1-12(11-19-8-7-17-13(19)2)9-18-15(20)4-3-14-5-6-16-10-14;;/h7-8,12,14,16H,3-6,9-11H2,1-2H3,(H,18,20);2*1H. The van der Waals surface area contributed by atoms with Crippen molar-refractivity contribution in [3.8, 4) is 0 Å². The number of halogens is 2. The van der Waals surface area contributed by atoms with Gasteiger partial charge in [-0.25, -0.2) is 4.98 Å². The first-order valence-electron chi connectivity index (χ1n) is 7.60. The third-order valence-corrected chi connectivity index (χ3v) is 4.02. The van der Waals surface area contributed by atoms with Crippen LogP contribution in [0.25, 0.3) is 0 Å². The number of imidazole rings is 1. The predicted octanol–water partition coefficient (Wildman–Crippen LogP) is 2.18. The van der Waals surface area contributed by atoms with E-state index < -0.39 is 0 Å². The molecule has 1 aromatic heterocycles. The number of rotatable bonds is 7. The fraction of sp³-hybridized carbons (Fsp3) is 0.733. The summed E-state index contributed by atoms with van der Waals surface area (Å²) in [6.45, 7) is 7.97. The average Bonchev–Trinajstić information content (AvgIpc) is 3.07. The first-order chi connectivity index (χ1) is 9.65. The van der Waals surface area contributed by atoms with Crippen molar-refractivity contribution in [3.63, 3.8) is 0 Å². The molecular formula is C15H28Cl2N4O. The summed E-state index contributed by atoms with van der Waals surface area (Å²) in [5.74, 6) is 2.31. The molecule has 1 aromatic rings. The van der Waals surface area contributed by atoms with Crippen LogP contribution in [0.1, 0.15) is 32.0 Å². The van der Waals surface area contributed by atoms with Crippen LogP contribution in [0.5, 0.6) is 0 Å². The van der Waals surface area contributed by atoms with Crippen LogP contribution >= 0.6 is 24.8 Å². The van der Waals surface area contributed by atoms with Crippen LogP contribution in [0.2, 0.25) is 0 Å². The van der Waals surface area contributed by atoms with Gasteiger partial charge in [0.1, 0.15) is 5.82 Å². The van der Waals surface area contributed by atoms with Crippen LogP contribution in [0, 0.1) is 18.8 Å². The quantitative estimate of drug-likeness (QED) is 0.792. The predicted molar refractivity (Wildman–Crippen MR) is 93.8 cm³/mol. The highest BCUT2D eigenvalue weighted by atomic mass is 35.5. The van der Waals surface area contributed by atoms with E-state index in [4.69, 9.17) is 0 Å².